The van der Waals surface area contributed by atoms with Crippen LogP contribution in [0.15, 0.2) is 54.7 Å². The van der Waals surface area contributed by atoms with E-state index in [0.29, 0.717) is 52.2 Å². The SMILES string of the molecule is COc1cc(CNCCCOc2ccccn2)c(Cl)cc1OCc1ccc(Cl)c(Cl)c1. The second kappa shape index (κ2) is 12.0. The Balaban J connectivity index is 1.49. The summed E-state index contributed by atoms with van der Waals surface area (Å²) in [6.45, 7) is 2.28. The van der Waals surface area contributed by atoms with Crippen molar-refractivity contribution in [2.24, 2.45) is 0 Å². The number of aromatic nitrogens is 1. The lowest BCUT2D eigenvalue weighted by molar-refractivity contribution is 0.284. The predicted molar refractivity (Wildman–Crippen MR) is 125 cm³/mol. The van der Waals surface area contributed by atoms with Crippen LogP contribution in [0, 0.1) is 0 Å². The molecule has 1 N–H and O–H groups in total. The normalized spacial score (nSPS) is 10.7. The van der Waals surface area contributed by atoms with Gasteiger partial charge in [0.15, 0.2) is 11.5 Å². The second-order valence-corrected chi connectivity index (χ2v) is 7.90. The molecule has 0 amide bonds. The van der Waals surface area contributed by atoms with Crippen LogP contribution in [-0.2, 0) is 13.2 Å². The minimum absolute atomic E-state index is 0.317. The van der Waals surface area contributed by atoms with E-state index in [9.17, 15) is 0 Å². The van der Waals surface area contributed by atoms with Crippen LogP contribution < -0.4 is 19.5 Å². The van der Waals surface area contributed by atoms with Crippen LogP contribution in [0.3, 0.4) is 0 Å². The number of benzene rings is 2. The van der Waals surface area contributed by atoms with Gasteiger partial charge in [-0.1, -0.05) is 46.9 Å². The highest BCUT2D eigenvalue weighted by molar-refractivity contribution is 6.42. The lowest BCUT2D eigenvalue weighted by atomic mass is 10.2. The van der Waals surface area contributed by atoms with Crippen molar-refractivity contribution in [2.75, 3.05) is 20.3 Å². The molecule has 5 nitrogen and oxygen atoms in total. The molecule has 164 valence electrons. The Morgan fingerprint density at radius 3 is 2.52 bits per heavy atom. The van der Waals surface area contributed by atoms with Crippen LogP contribution in [0.2, 0.25) is 15.1 Å². The average molecular weight is 482 g/mol. The van der Waals surface area contributed by atoms with Crippen molar-refractivity contribution in [3.63, 3.8) is 0 Å². The zero-order valence-electron chi connectivity index (χ0n) is 17.0. The molecule has 0 saturated heterocycles. The quantitative estimate of drug-likeness (QED) is 0.331. The van der Waals surface area contributed by atoms with E-state index in [2.05, 4.69) is 10.3 Å². The highest BCUT2D eigenvalue weighted by Gasteiger charge is 2.11. The number of methoxy groups -OCH3 is 1. The summed E-state index contributed by atoms with van der Waals surface area (Å²) in [5.41, 5.74) is 1.82. The second-order valence-electron chi connectivity index (χ2n) is 6.68. The van der Waals surface area contributed by atoms with E-state index in [1.54, 1.807) is 31.5 Å². The number of hydrogen-bond acceptors (Lipinski definition) is 5. The van der Waals surface area contributed by atoms with Gasteiger partial charge in [0.1, 0.15) is 6.61 Å². The molecule has 0 atom stereocenters. The number of halogens is 3. The molecule has 0 bridgehead atoms. The molecule has 0 fully saturated rings. The van der Waals surface area contributed by atoms with Gasteiger partial charge in [-0.05, 0) is 48.4 Å². The summed E-state index contributed by atoms with van der Waals surface area (Å²) >= 11 is 18.5. The molecule has 0 radical (unpaired) electrons. The average Bonchev–Trinajstić information content (AvgIpc) is 2.78. The van der Waals surface area contributed by atoms with Crippen LogP contribution in [-0.4, -0.2) is 25.2 Å². The van der Waals surface area contributed by atoms with Gasteiger partial charge in [0.2, 0.25) is 5.88 Å². The van der Waals surface area contributed by atoms with E-state index in [1.165, 1.54) is 0 Å². The van der Waals surface area contributed by atoms with Gasteiger partial charge < -0.3 is 19.5 Å². The topological polar surface area (TPSA) is 52.6 Å². The molecule has 0 spiro atoms. The van der Waals surface area contributed by atoms with E-state index >= 15 is 0 Å². The first-order valence-electron chi connectivity index (χ1n) is 9.74. The van der Waals surface area contributed by atoms with Crippen LogP contribution >= 0.6 is 34.8 Å². The summed E-state index contributed by atoms with van der Waals surface area (Å²) in [5, 5.41) is 4.95. The van der Waals surface area contributed by atoms with Crippen LogP contribution in [0.1, 0.15) is 17.5 Å². The highest BCUT2D eigenvalue weighted by atomic mass is 35.5. The third-order valence-electron chi connectivity index (χ3n) is 4.41. The number of nitrogens with one attached hydrogen (secondary N) is 1. The van der Waals surface area contributed by atoms with Crippen molar-refractivity contribution in [3.05, 3.63) is 80.9 Å². The maximum Gasteiger partial charge on any atom is 0.213 e. The number of nitrogens with zero attached hydrogens (tertiary/aromatic N) is 1. The minimum atomic E-state index is 0.317. The number of ether oxygens (including phenoxy) is 3. The third kappa shape index (κ3) is 7.18. The molecule has 2 aromatic carbocycles. The zero-order chi connectivity index (χ0) is 22.1. The Morgan fingerprint density at radius 2 is 1.77 bits per heavy atom. The molecule has 1 heterocycles. The summed E-state index contributed by atoms with van der Waals surface area (Å²) < 4.78 is 17.0. The van der Waals surface area contributed by atoms with E-state index in [0.717, 1.165) is 24.1 Å². The fraction of sp³-hybridized carbons (Fsp3) is 0.261. The molecule has 0 aliphatic heterocycles. The van der Waals surface area contributed by atoms with Crippen molar-refractivity contribution in [3.8, 4) is 17.4 Å². The molecule has 8 heteroatoms. The van der Waals surface area contributed by atoms with Gasteiger partial charge in [-0.15, -0.1) is 0 Å². The van der Waals surface area contributed by atoms with Gasteiger partial charge in [-0.3, -0.25) is 0 Å². The molecule has 3 rings (SSSR count). The molecule has 0 aliphatic rings. The smallest absolute Gasteiger partial charge is 0.213 e. The van der Waals surface area contributed by atoms with Crippen LogP contribution in [0.5, 0.6) is 17.4 Å². The van der Waals surface area contributed by atoms with Crippen LogP contribution in [0.25, 0.3) is 0 Å². The first-order chi connectivity index (χ1) is 15.1. The van der Waals surface area contributed by atoms with Gasteiger partial charge in [-0.2, -0.15) is 0 Å². The standard InChI is InChI=1S/C23H23Cl3N2O3/c1-29-21-12-17(14-27-8-4-10-30-23-5-2-3-9-28-23)19(25)13-22(21)31-15-16-6-7-18(24)20(26)11-16/h2-3,5-7,9,11-13,27H,4,8,10,14-15H2,1H3. The highest BCUT2D eigenvalue weighted by Crippen LogP contribution is 2.34. The number of rotatable bonds is 11. The van der Waals surface area contributed by atoms with Gasteiger partial charge in [-0.25, -0.2) is 4.98 Å². The first-order valence-corrected chi connectivity index (χ1v) is 10.9. The van der Waals surface area contributed by atoms with Crippen molar-refractivity contribution < 1.29 is 14.2 Å². The predicted octanol–water partition coefficient (Wildman–Crippen LogP) is 6.19. The molecular weight excluding hydrogens is 459 g/mol. The lowest BCUT2D eigenvalue weighted by Crippen LogP contribution is -2.17. The Morgan fingerprint density at radius 1 is 0.903 bits per heavy atom. The summed E-state index contributed by atoms with van der Waals surface area (Å²) in [6, 6.07) is 14.6. The molecule has 31 heavy (non-hydrogen) atoms. The summed E-state index contributed by atoms with van der Waals surface area (Å²) in [6.07, 6.45) is 2.55. The molecule has 0 unspecified atom stereocenters. The van der Waals surface area contributed by atoms with Crippen molar-refractivity contribution in [1.29, 1.82) is 0 Å². The summed E-state index contributed by atoms with van der Waals surface area (Å²) in [4.78, 5) is 4.13. The van der Waals surface area contributed by atoms with Crippen molar-refractivity contribution >= 4 is 34.8 Å². The van der Waals surface area contributed by atoms with E-state index in [4.69, 9.17) is 49.0 Å². The maximum atomic E-state index is 6.46. The molecular formula is C23H23Cl3N2O3. The third-order valence-corrected chi connectivity index (χ3v) is 5.50. The Bertz CT molecular complexity index is 987. The maximum absolute atomic E-state index is 6.46. The van der Waals surface area contributed by atoms with Gasteiger partial charge in [0.05, 0.1) is 23.8 Å². The van der Waals surface area contributed by atoms with E-state index < -0.39 is 0 Å². The molecule has 0 saturated carbocycles. The van der Waals surface area contributed by atoms with Crippen molar-refractivity contribution in [2.45, 2.75) is 19.6 Å². The van der Waals surface area contributed by atoms with Gasteiger partial charge >= 0.3 is 0 Å². The Hall–Kier alpha value is -2.18. The summed E-state index contributed by atoms with van der Waals surface area (Å²) in [7, 11) is 1.60. The minimum Gasteiger partial charge on any atom is -0.493 e. The number of pyridine rings is 1. The van der Waals surface area contributed by atoms with E-state index in [1.807, 2.05) is 30.3 Å². The molecule has 0 aliphatic carbocycles. The Labute approximate surface area is 197 Å². The first kappa shape index (κ1) is 23.5. The molecule has 3 aromatic rings. The molecule has 1 aromatic heterocycles. The van der Waals surface area contributed by atoms with Crippen molar-refractivity contribution in [1.82, 2.24) is 10.3 Å². The largest absolute Gasteiger partial charge is 0.493 e. The Kier molecular flexibility index (Phi) is 9.10. The lowest BCUT2D eigenvalue weighted by Gasteiger charge is -2.15. The fourth-order valence-electron chi connectivity index (χ4n) is 2.80. The van der Waals surface area contributed by atoms with Gasteiger partial charge in [0.25, 0.3) is 0 Å². The fourth-order valence-corrected chi connectivity index (χ4v) is 3.35. The zero-order valence-corrected chi connectivity index (χ0v) is 19.3. The monoisotopic (exact) mass is 480 g/mol. The van der Waals surface area contributed by atoms with Crippen LogP contribution in [0.4, 0.5) is 0 Å². The van der Waals surface area contributed by atoms with Gasteiger partial charge in [0, 0.05) is 29.9 Å². The summed E-state index contributed by atoms with van der Waals surface area (Å²) in [5.74, 6) is 1.80. The number of hydrogen-bond donors (Lipinski definition) is 1. The van der Waals surface area contributed by atoms with E-state index in [-0.39, 0.29) is 0 Å².